The molecule has 122 valence electrons. The van der Waals surface area contributed by atoms with E-state index in [-0.39, 0.29) is 17.9 Å². The summed E-state index contributed by atoms with van der Waals surface area (Å²) in [7, 11) is -3.75. The third-order valence-electron chi connectivity index (χ3n) is 2.69. The van der Waals surface area contributed by atoms with E-state index in [4.69, 9.17) is 0 Å². The largest absolute Gasteiger partial charge is 0.389 e. The Kier molecular flexibility index (Phi) is 6.64. The Balaban J connectivity index is 2.63. The lowest BCUT2D eigenvalue weighted by atomic mass is 10.3. The summed E-state index contributed by atoms with van der Waals surface area (Å²) >= 11 is 1.36. The third-order valence-corrected chi connectivity index (χ3v) is 5.46. The molecule has 0 aromatic carbocycles. The predicted octanol–water partition coefficient (Wildman–Crippen LogP) is 2.79. The molecule has 0 aliphatic rings. The molecule has 0 aliphatic carbocycles. The standard InChI is InChI=1S/C12H19F3N2O2S2/c1-3-16-8-10-7-11(9(2)20-10)21(18,19)17-6-4-5-12(13,14)15/h7,16-17H,3-6,8H2,1-2H3. The van der Waals surface area contributed by atoms with Crippen molar-refractivity contribution in [2.75, 3.05) is 13.1 Å². The lowest BCUT2D eigenvalue weighted by Crippen LogP contribution is -2.26. The van der Waals surface area contributed by atoms with Gasteiger partial charge in [-0.1, -0.05) is 6.92 Å². The van der Waals surface area contributed by atoms with E-state index in [1.54, 1.807) is 13.0 Å². The Morgan fingerprint density at radius 1 is 1.33 bits per heavy atom. The number of sulfonamides is 1. The van der Waals surface area contributed by atoms with Gasteiger partial charge in [-0.25, -0.2) is 13.1 Å². The normalized spacial score (nSPS) is 12.8. The van der Waals surface area contributed by atoms with Crippen molar-refractivity contribution in [1.82, 2.24) is 10.0 Å². The van der Waals surface area contributed by atoms with Gasteiger partial charge < -0.3 is 5.32 Å². The maximum absolute atomic E-state index is 12.1. The molecule has 0 atom stereocenters. The highest BCUT2D eigenvalue weighted by Crippen LogP contribution is 2.26. The second-order valence-electron chi connectivity index (χ2n) is 4.53. The Morgan fingerprint density at radius 2 is 2.00 bits per heavy atom. The van der Waals surface area contributed by atoms with Crippen molar-refractivity contribution in [3.63, 3.8) is 0 Å². The van der Waals surface area contributed by atoms with Gasteiger partial charge in [0.15, 0.2) is 0 Å². The molecule has 1 aromatic rings. The SMILES string of the molecule is CCNCc1cc(S(=O)(=O)NCCCC(F)(F)F)c(C)s1. The van der Waals surface area contributed by atoms with Crippen LogP contribution in [0.3, 0.4) is 0 Å². The van der Waals surface area contributed by atoms with Crippen molar-refractivity contribution in [2.45, 2.75) is 44.3 Å². The van der Waals surface area contributed by atoms with Gasteiger partial charge in [-0.2, -0.15) is 13.2 Å². The first-order valence-corrected chi connectivity index (χ1v) is 8.82. The van der Waals surface area contributed by atoms with E-state index in [1.165, 1.54) is 11.3 Å². The number of rotatable bonds is 8. The van der Waals surface area contributed by atoms with Gasteiger partial charge in [-0.3, -0.25) is 0 Å². The molecule has 0 radical (unpaired) electrons. The van der Waals surface area contributed by atoms with Crippen molar-refractivity contribution in [3.8, 4) is 0 Å². The summed E-state index contributed by atoms with van der Waals surface area (Å²) in [6.45, 7) is 4.75. The van der Waals surface area contributed by atoms with Crippen LogP contribution in [0.15, 0.2) is 11.0 Å². The second kappa shape index (κ2) is 7.57. The van der Waals surface area contributed by atoms with Gasteiger partial charge in [0.2, 0.25) is 10.0 Å². The topological polar surface area (TPSA) is 58.2 Å². The summed E-state index contributed by atoms with van der Waals surface area (Å²) in [5.41, 5.74) is 0. The molecule has 0 amide bonds. The number of alkyl halides is 3. The van der Waals surface area contributed by atoms with Crippen molar-refractivity contribution in [1.29, 1.82) is 0 Å². The van der Waals surface area contributed by atoms with E-state index >= 15 is 0 Å². The van der Waals surface area contributed by atoms with E-state index in [2.05, 4.69) is 10.0 Å². The fraction of sp³-hybridized carbons (Fsp3) is 0.667. The molecule has 0 bridgehead atoms. The summed E-state index contributed by atoms with van der Waals surface area (Å²) in [5.74, 6) is 0. The van der Waals surface area contributed by atoms with Crippen molar-refractivity contribution in [3.05, 3.63) is 15.8 Å². The number of hydrogen-bond acceptors (Lipinski definition) is 4. The van der Waals surface area contributed by atoms with Gasteiger partial charge in [0.1, 0.15) is 0 Å². The van der Waals surface area contributed by atoms with Crippen LogP contribution in [0.25, 0.3) is 0 Å². The quantitative estimate of drug-likeness (QED) is 0.713. The minimum atomic E-state index is -4.26. The van der Waals surface area contributed by atoms with Gasteiger partial charge in [-0.15, -0.1) is 11.3 Å². The number of hydrogen-bond donors (Lipinski definition) is 2. The van der Waals surface area contributed by atoms with Gasteiger partial charge in [0, 0.05) is 29.3 Å². The molecule has 0 fully saturated rings. The zero-order valence-electron chi connectivity index (χ0n) is 11.9. The van der Waals surface area contributed by atoms with Crippen LogP contribution in [0.2, 0.25) is 0 Å². The fourth-order valence-corrected chi connectivity index (χ4v) is 4.38. The summed E-state index contributed by atoms with van der Waals surface area (Å²) < 4.78 is 62.3. The van der Waals surface area contributed by atoms with E-state index in [0.717, 1.165) is 11.4 Å². The Morgan fingerprint density at radius 3 is 2.57 bits per heavy atom. The Hall–Kier alpha value is -0.640. The van der Waals surface area contributed by atoms with Crippen LogP contribution in [0.1, 0.15) is 29.5 Å². The first-order valence-electron chi connectivity index (χ1n) is 6.52. The zero-order valence-corrected chi connectivity index (χ0v) is 13.5. The second-order valence-corrected chi connectivity index (χ2v) is 7.61. The zero-order chi connectivity index (χ0) is 16.1. The van der Waals surface area contributed by atoms with Crippen LogP contribution in [0.5, 0.6) is 0 Å². The van der Waals surface area contributed by atoms with Crippen LogP contribution >= 0.6 is 11.3 Å². The molecule has 0 aliphatic heterocycles. The fourth-order valence-electron chi connectivity index (χ4n) is 1.70. The first-order chi connectivity index (χ1) is 9.65. The Bertz CT molecular complexity index is 553. The molecule has 21 heavy (non-hydrogen) atoms. The average Bonchev–Trinajstić information content (AvgIpc) is 2.73. The molecular formula is C12H19F3N2O2S2. The summed E-state index contributed by atoms with van der Waals surface area (Å²) in [4.78, 5) is 1.66. The number of halogens is 3. The average molecular weight is 344 g/mol. The molecule has 2 N–H and O–H groups in total. The number of aryl methyl sites for hydroxylation is 1. The molecule has 0 saturated heterocycles. The summed E-state index contributed by atoms with van der Waals surface area (Å²) in [5, 5.41) is 3.10. The highest BCUT2D eigenvalue weighted by Gasteiger charge is 2.26. The predicted molar refractivity (Wildman–Crippen MR) is 76.9 cm³/mol. The minimum Gasteiger partial charge on any atom is -0.312 e. The monoisotopic (exact) mass is 344 g/mol. The lowest BCUT2D eigenvalue weighted by molar-refractivity contribution is -0.135. The highest BCUT2D eigenvalue weighted by atomic mass is 32.2. The van der Waals surface area contributed by atoms with Crippen LogP contribution < -0.4 is 10.0 Å². The lowest BCUT2D eigenvalue weighted by Gasteiger charge is -2.08. The molecule has 0 saturated carbocycles. The highest BCUT2D eigenvalue weighted by molar-refractivity contribution is 7.89. The molecule has 0 spiro atoms. The van der Waals surface area contributed by atoms with E-state index in [1.807, 2.05) is 6.92 Å². The van der Waals surface area contributed by atoms with Gasteiger partial charge in [-0.05, 0) is 26.0 Å². The summed E-state index contributed by atoms with van der Waals surface area (Å²) in [6.07, 6.45) is -5.53. The van der Waals surface area contributed by atoms with Crippen LogP contribution in [0.4, 0.5) is 13.2 Å². The van der Waals surface area contributed by atoms with Crippen molar-refractivity contribution >= 4 is 21.4 Å². The van der Waals surface area contributed by atoms with Gasteiger partial charge >= 0.3 is 6.18 Å². The van der Waals surface area contributed by atoms with Crippen molar-refractivity contribution in [2.24, 2.45) is 0 Å². The van der Waals surface area contributed by atoms with Crippen LogP contribution in [-0.2, 0) is 16.6 Å². The molecule has 1 heterocycles. The van der Waals surface area contributed by atoms with E-state index < -0.39 is 22.6 Å². The number of nitrogens with one attached hydrogen (secondary N) is 2. The molecule has 0 unspecified atom stereocenters. The smallest absolute Gasteiger partial charge is 0.312 e. The number of thiophene rings is 1. The third kappa shape index (κ3) is 6.33. The maximum atomic E-state index is 12.1. The van der Waals surface area contributed by atoms with Crippen molar-refractivity contribution < 1.29 is 21.6 Å². The molecule has 1 aromatic heterocycles. The van der Waals surface area contributed by atoms with Gasteiger partial charge in [0.05, 0.1) is 4.90 Å². The molecule has 9 heteroatoms. The summed E-state index contributed by atoms with van der Waals surface area (Å²) in [6, 6.07) is 1.56. The minimum absolute atomic E-state index is 0.146. The molecular weight excluding hydrogens is 325 g/mol. The van der Waals surface area contributed by atoms with Crippen LogP contribution in [-0.4, -0.2) is 27.7 Å². The van der Waals surface area contributed by atoms with E-state index in [0.29, 0.717) is 11.4 Å². The first kappa shape index (κ1) is 18.4. The van der Waals surface area contributed by atoms with Gasteiger partial charge in [0.25, 0.3) is 0 Å². The molecule has 1 rings (SSSR count). The maximum Gasteiger partial charge on any atom is 0.389 e. The van der Waals surface area contributed by atoms with Crippen LogP contribution in [0, 0.1) is 6.92 Å². The van der Waals surface area contributed by atoms with E-state index in [9.17, 15) is 21.6 Å². The molecule has 4 nitrogen and oxygen atoms in total. The Labute approximate surface area is 126 Å².